The second-order valence-electron chi connectivity index (χ2n) is 2.67. The Balaban J connectivity index is 3.31. The largest absolute Gasteiger partial charge is 0.555 e. The molecule has 0 radical (unpaired) electrons. The van der Waals surface area contributed by atoms with Crippen molar-refractivity contribution in [3.05, 3.63) is 23.9 Å². The quantitative estimate of drug-likeness (QED) is 0.529. The second-order valence-corrected chi connectivity index (χ2v) is 2.67. The molecule has 0 bridgehead atoms. The zero-order valence-corrected chi connectivity index (χ0v) is 6.73. The number of nitrogens with zero attached hydrogens (tertiary/aromatic N) is 1. The van der Waals surface area contributed by atoms with E-state index in [1.165, 1.54) is 0 Å². The number of pyridine rings is 1. The molecule has 8 heteroatoms. The van der Waals surface area contributed by atoms with Crippen LogP contribution in [0, 0.1) is 0 Å². The van der Waals surface area contributed by atoms with Gasteiger partial charge in [0.1, 0.15) is 0 Å². The van der Waals surface area contributed by atoms with Crippen LogP contribution in [0.1, 0.15) is 5.56 Å². The number of rotatable bonds is 1. The molecule has 1 aromatic heterocycles. The van der Waals surface area contributed by atoms with E-state index in [1.54, 1.807) is 0 Å². The van der Waals surface area contributed by atoms with Gasteiger partial charge in [-0.3, -0.25) is 4.98 Å². The summed E-state index contributed by atoms with van der Waals surface area (Å²) < 4.78 is 36.6. The third-order valence-corrected chi connectivity index (χ3v) is 1.51. The first kappa shape index (κ1) is 11.0. The lowest BCUT2D eigenvalue weighted by atomic mass is 9.73. The van der Waals surface area contributed by atoms with Gasteiger partial charge in [0.25, 0.3) is 0 Å². The molecule has 1 rings (SSSR count). The van der Waals surface area contributed by atoms with E-state index in [-0.39, 0.29) is 0 Å². The van der Waals surface area contributed by atoms with Crippen LogP contribution < -0.4 is 5.59 Å². The molecular weight excluding hydrogens is 202 g/mol. The maximum atomic E-state index is 12.2. The Labute approximate surface area is 76.7 Å². The fraction of sp³-hybridized carbons (Fsp3) is 0.167. The zero-order valence-electron chi connectivity index (χ0n) is 6.73. The molecule has 3 N–H and O–H groups in total. The highest BCUT2D eigenvalue weighted by molar-refractivity contribution is 6.71. The normalized spacial score (nSPS) is 13.0. The average Bonchev–Trinajstić information content (AvgIpc) is 2.01. The van der Waals surface area contributed by atoms with Crippen molar-refractivity contribution in [3.63, 3.8) is 0 Å². The minimum Gasteiger partial charge on any atom is -0.555 e. The van der Waals surface area contributed by atoms with E-state index in [0.29, 0.717) is 6.07 Å². The van der Waals surface area contributed by atoms with E-state index in [9.17, 15) is 13.2 Å². The summed E-state index contributed by atoms with van der Waals surface area (Å²) in [7, 11) is 0. The molecule has 0 amide bonds. The highest BCUT2D eigenvalue weighted by atomic mass is 19.4. The Morgan fingerprint density at radius 3 is 2.14 bits per heavy atom. The molecule has 0 saturated carbocycles. The second kappa shape index (κ2) is 3.23. The average molecular weight is 208 g/mol. The summed E-state index contributed by atoms with van der Waals surface area (Å²) in [6, 6.07) is 1.58. The number of hydrogen-bond donors (Lipinski definition) is 3. The lowest BCUT2D eigenvalue weighted by Gasteiger charge is -2.24. The Bertz CT molecular complexity index is 303. The highest BCUT2D eigenvalue weighted by Crippen LogP contribution is 2.27. The SMILES string of the molecule is O[B-](O)(O)c1ncccc1C(F)(F)F. The molecule has 14 heavy (non-hydrogen) atoms. The molecule has 0 aliphatic carbocycles. The van der Waals surface area contributed by atoms with Gasteiger partial charge in [-0.05, 0) is 17.7 Å². The van der Waals surface area contributed by atoms with Gasteiger partial charge in [-0.2, -0.15) is 13.2 Å². The fourth-order valence-corrected chi connectivity index (χ4v) is 0.966. The first-order chi connectivity index (χ1) is 6.23. The summed E-state index contributed by atoms with van der Waals surface area (Å²) in [5.74, 6) is 0. The van der Waals surface area contributed by atoms with Crippen LogP contribution in [0.4, 0.5) is 13.2 Å². The monoisotopic (exact) mass is 208 g/mol. The summed E-state index contributed by atoms with van der Waals surface area (Å²) in [5.41, 5.74) is -2.55. The Kier molecular flexibility index (Phi) is 2.53. The zero-order chi connectivity index (χ0) is 11.0. The molecule has 0 aliphatic heterocycles. The van der Waals surface area contributed by atoms with E-state index >= 15 is 0 Å². The summed E-state index contributed by atoms with van der Waals surface area (Å²) in [5, 5.41) is 25.9. The standard InChI is InChI=1S/C6H6BF3NO3/c8-6(9,10)4-2-1-3-11-5(4)7(12,13)14/h1-3,12-14H/q-1. The molecule has 0 fully saturated rings. The number of alkyl halides is 3. The van der Waals surface area contributed by atoms with Gasteiger partial charge in [0.15, 0.2) is 0 Å². The van der Waals surface area contributed by atoms with Crippen LogP contribution in [0.15, 0.2) is 18.3 Å². The van der Waals surface area contributed by atoms with Crippen molar-refractivity contribution >= 4 is 12.3 Å². The maximum Gasteiger partial charge on any atom is 0.421 e. The predicted molar refractivity (Wildman–Crippen MR) is 41.3 cm³/mol. The van der Waals surface area contributed by atoms with Crippen molar-refractivity contribution in [1.29, 1.82) is 0 Å². The number of aromatic nitrogens is 1. The van der Waals surface area contributed by atoms with Gasteiger partial charge in [-0.15, -0.1) is 0 Å². The van der Waals surface area contributed by atoms with E-state index in [4.69, 9.17) is 15.1 Å². The molecule has 4 nitrogen and oxygen atoms in total. The molecule has 0 atom stereocenters. The first-order valence-corrected chi connectivity index (χ1v) is 3.57. The van der Waals surface area contributed by atoms with Gasteiger partial charge in [0.05, 0.1) is 0 Å². The molecule has 0 spiro atoms. The van der Waals surface area contributed by atoms with Crippen LogP contribution in [0.2, 0.25) is 0 Å². The highest BCUT2D eigenvalue weighted by Gasteiger charge is 2.37. The molecule has 0 saturated heterocycles. The minimum absolute atomic E-state index is 0.599. The lowest BCUT2D eigenvalue weighted by molar-refractivity contribution is -0.137. The Morgan fingerprint density at radius 1 is 1.21 bits per heavy atom. The predicted octanol–water partition coefficient (Wildman–Crippen LogP) is -0.777. The van der Waals surface area contributed by atoms with Gasteiger partial charge < -0.3 is 15.1 Å². The van der Waals surface area contributed by atoms with Crippen LogP contribution in [0.25, 0.3) is 0 Å². The molecule has 1 heterocycles. The van der Waals surface area contributed by atoms with E-state index in [2.05, 4.69) is 4.98 Å². The topological polar surface area (TPSA) is 73.6 Å². The van der Waals surface area contributed by atoms with Crippen molar-refractivity contribution in [2.24, 2.45) is 0 Å². The van der Waals surface area contributed by atoms with Gasteiger partial charge in [-0.25, -0.2) is 0 Å². The van der Waals surface area contributed by atoms with Crippen LogP contribution in [0.3, 0.4) is 0 Å². The minimum atomic E-state index is -4.79. The molecule has 0 aromatic carbocycles. The van der Waals surface area contributed by atoms with Crippen molar-refractivity contribution < 1.29 is 28.2 Å². The maximum absolute atomic E-state index is 12.2. The third-order valence-electron chi connectivity index (χ3n) is 1.51. The first-order valence-electron chi connectivity index (χ1n) is 3.57. The molecule has 78 valence electrons. The van der Waals surface area contributed by atoms with Crippen LogP contribution >= 0.6 is 0 Å². The van der Waals surface area contributed by atoms with Crippen molar-refractivity contribution in [2.75, 3.05) is 0 Å². The van der Waals surface area contributed by atoms with Gasteiger partial charge in [-0.1, -0.05) is 0 Å². The summed E-state index contributed by atoms with van der Waals surface area (Å²) in [4.78, 5) is 3.07. The molecule has 1 aromatic rings. The molecular formula is C6H6BF3NO3-. The van der Waals surface area contributed by atoms with Gasteiger partial charge >= 0.3 is 12.9 Å². The van der Waals surface area contributed by atoms with Crippen molar-refractivity contribution in [3.8, 4) is 0 Å². The van der Waals surface area contributed by atoms with E-state index in [0.717, 1.165) is 12.3 Å². The summed E-state index contributed by atoms with van der Waals surface area (Å²) in [6.07, 6.45) is -3.87. The van der Waals surface area contributed by atoms with Crippen LogP contribution in [0.5, 0.6) is 0 Å². The van der Waals surface area contributed by atoms with Gasteiger partial charge in [0, 0.05) is 11.8 Å². The molecule has 0 unspecified atom stereocenters. The molecule has 0 aliphatic rings. The van der Waals surface area contributed by atoms with Crippen molar-refractivity contribution in [2.45, 2.75) is 6.18 Å². The third kappa shape index (κ3) is 2.22. The van der Waals surface area contributed by atoms with E-state index < -0.39 is 24.1 Å². The van der Waals surface area contributed by atoms with Gasteiger partial charge in [0.2, 0.25) is 0 Å². The lowest BCUT2D eigenvalue weighted by Crippen LogP contribution is -2.53. The van der Waals surface area contributed by atoms with Crippen molar-refractivity contribution in [1.82, 2.24) is 4.98 Å². The number of halogens is 3. The summed E-state index contributed by atoms with van der Waals surface area (Å²) >= 11 is 0. The Hall–Kier alpha value is -1.12. The summed E-state index contributed by atoms with van der Waals surface area (Å²) in [6.45, 7) is -4.23. The number of hydrogen-bond acceptors (Lipinski definition) is 4. The van der Waals surface area contributed by atoms with Crippen LogP contribution in [-0.2, 0) is 6.18 Å². The van der Waals surface area contributed by atoms with E-state index in [1.807, 2.05) is 0 Å². The Morgan fingerprint density at radius 2 is 1.79 bits per heavy atom. The smallest absolute Gasteiger partial charge is 0.421 e. The van der Waals surface area contributed by atoms with Crippen LogP contribution in [-0.4, -0.2) is 26.8 Å². The fourth-order valence-electron chi connectivity index (χ4n) is 0.966.